The summed E-state index contributed by atoms with van der Waals surface area (Å²) in [5, 5.41) is 9.24. The molecule has 1 N–H and O–H groups in total. The lowest BCUT2D eigenvalue weighted by atomic mass is 10.1. The van der Waals surface area contributed by atoms with Crippen molar-refractivity contribution < 1.29 is 0 Å². The zero-order valence-electron chi connectivity index (χ0n) is 13.8. The van der Waals surface area contributed by atoms with Crippen LogP contribution in [0.15, 0.2) is 63.9 Å². The Balaban J connectivity index is 1.82. The van der Waals surface area contributed by atoms with Gasteiger partial charge < -0.3 is 9.55 Å². The number of hydrogen-bond donors (Lipinski definition) is 2. The van der Waals surface area contributed by atoms with E-state index in [9.17, 15) is 4.79 Å². The van der Waals surface area contributed by atoms with E-state index in [2.05, 4.69) is 31.1 Å². The minimum Gasteiger partial charge on any atom is -0.322 e. The second-order valence-corrected chi connectivity index (χ2v) is 7.42. The van der Waals surface area contributed by atoms with Gasteiger partial charge in [0.05, 0.1) is 5.25 Å². The number of aromatic nitrogens is 4. The van der Waals surface area contributed by atoms with Gasteiger partial charge in [0.2, 0.25) is 5.56 Å². The number of para-hydroxylation sites is 1. The summed E-state index contributed by atoms with van der Waals surface area (Å²) < 4.78 is 2.92. The van der Waals surface area contributed by atoms with Crippen LogP contribution in [0, 0.1) is 0 Å². The van der Waals surface area contributed by atoms with Crippen molar-refractivity contribution in [2.75, 3.05) is 0 Å². The van der Waals surface area contributed by atoms with Crippen LogP contribution in [-0.4, -0.2) is 19.7 Å². The van der Waals surface area contributed by atoms with Gasteiger partial charge in [-0.05, 0) is 23.8 Å². The molecule has 2 heterocycles. The Morgan fingerprint density at radius 2 is 1.85 bits per heavy atom. The molecule has 2 aromatic carbocycles. The highest BCUT2D eigenvalue weighted by Gasteiger charge is 2.21. The van der Waals surface area contributed by atoms with E-state index < -0.39 is 0 Å². The molecule has 1 atom stereocenters. The molecule has 0 spiro atoms. The van der Waals surface area contributed by atoms with Crippen molar-refractivity contribution in [3.05, 3.63) is 80.8 Å². The maximum absolute atomic E-state index is 12.0. The van der Waals surface area contributed by atoms with Gasteiger partial charge in [-0.3, -0.25) is 4.79 Å². The van der Waals surface area contributed by atoms with E-state index >= 15 is 0 Å². The molecule has 4 rings (SSSR count). The van der Waals surface area contributed by atoms with Gasteiger partial charge in [0.1, 0.15) is 5.82 Å². The van der Waals surface area contributed by atoms with Crippen LogP contribution >= 0.6 is 28.6 Å². The minimum atomic E-state index is -0.371. The van der Waals surface area contributed by atoms with Gasteiger partial charge in [0.15, 0.2) is 5.82 Å². The fraction of sp³-hybridized carbons (Fsp3) is 0.105. The summed E-state index contributed by atoms with van der Waals surface area (Å²) in [6.07, 6.45) is 0. The van der Waals surface area contributed by atoms with Crippen molar-refractivity contribution in [1.82, 2.24) is 19.7 Å². The number of fused-ring (bicyclic) bond motifs is 1. The second-order valence-electron chi connectivity index (χ2n) is 5.98. The number of pyridine rings is 1. The van der Waals surface area contributed by atoms with Crippen molar-refractivity contribution in [2.24, 2.45) is 7.05 Å². The van der Waals surface area contributed by atoms with Gasteiger partial charge in [-0.25, -0.2) is 0 Å². The second kappa shape index (κ2) is 6.74. The topological polar surface area (TPSA) is 63.6 Å². The number of aromatic amines is 1. The Morgan fingerprint density at radius 3 is 2.62 bits per heavy atom. The van der Waals surface area contributed by atoms with E-state index in [0.29, 0.717) is 5.82 Å². The first kappa shape index (κ1) is 17.1. The highest BCUT2D eigenvalue weighted by molar-refractivity contribution is 9.10. The first-order valence-electron chi connectivity index (χ1n) is 8.00. The fourth-order valence-electron chi connectivity index (χ4n) is 3.03. The molecule has 2 aromatic heterocycles. The molecule has 0 aliphatic carbocycles. The zero-order valence-corrected chi connectivity index (χ0v) is 16.3. The van der Waals surface area contributed by atoms with Crippen molar-refractivity contribution in [1.29, 1.82) is 0 Å². The maximum atomic E-state index is 12.0. The molecule has 7 heteroatoms. The number of benzene rings is 2. The molecule has 0 bridgehead atoms. The third-order valence-corrected chi connectivity index (χ3v) is 5.37. The van der Waals surface area contributed by atoms with Crippen molar-refractivity contribution in [2.45, 2.75) is 5.25 Å². The molecule has 0 saturated heterocycles. The largest absolute Gasteiger partial charge is 0.322 e. The van der Waals surface area contributed by atoms with Gasteiger partial charge in [-0.2, -0.15) is 12.6 Å². The Hall–Kier alpha value is -2.38. The summed E-state index contributed by atoms with van der Waals surface area (Å²) in [4.78, 5) is 14.9. The number of H-pyrrole nitrogens is 1. The molecule has 0 aliphatic rings. The van der Waals surface area contributed by atoms with Crippen LogP contribution in [0.5, 0.6) is 0 Å². The number of thiol groups is 1. The first-order chi connectivity index (χ1) is 12.5. The van der Waals surface area contributed by atoms with Crippen molar-refractivity contribution >= 4 is 39.5 Å². The Labute approximate surface area is 163 Å². The van der Waals surface area contributed by atoms with Crippen LogP contribution in [0.3, 0.4) is 0 Å². The molecule has 1 unspecified atom stereocenters. The van der Waals surface area contributed by atoms with Crippen LogP contribution in [0.1, 0.15) is 16.6 Å². The van der Waals surface area contributed by atoms with Crippen LogP contribution < -0.4 is 5.56 Å². The van der Waals surface area contributed by atoms with E-state index in [1.54, 1.807) is 6.07 Å². The lowest BCUT2D eigenvalue weighted by Gasteiger charge is -2.13. The Kier molecular flexibility index (Phi) is 4.42. The highest BCUT2D eigenvalue weighted by atomic mass is 79.9. The van der Waals surface area contributed by atoms with Crippen LogP contribution in [0.2, 0.25) is 0 Å². The fourth-order valence-corrected chi connectivity index (χ4v) is 3.73. The molecule has 4 aromatic rings. The zero-order chi connectivity index (χ0) is 18.3. The number of nitrogens with zero attached hydrogens (tertiary/aromatic N) is 3. The SMILES string of the molecule is Cn1c(-c2ccc(Br)cc2)nnc1C(S)c1cc(=O)[nH]c2ccccc12. The summed E-state index contributed by atoms with van der Waals surface area (Å²) in [5.41, 5.74) is 2.40. The standard InChI is InChI=1S/C19H15BrN4OS/c1-24-18(11-6-8-12(20)9-7-11)22-23-19(24)17(26)14-10-16(25)21-15-5-3-2-4-13(14)15/h2-10,17,26H,1H3,(H,21,25). The molecule has 5 nitrogen and oxygen atoms in total. The van der Waals surface area contributed by atoms with E-state index in [-0.39, 0.29) is 10.8 Å². The number of halogens is 1. The van der Waals surface area contributed by atoms with E-state index in [4.69, 9.17) is 12.6 Å². The number of rotatable bonds is 3. The Morgan fingerprint density at radius 1 is 1.12 bits per heavy atom. The predicted molar refractivity (Wildman–Crippen MR) is 110 cm³/mol. The van der Waals surface area contributed by atoms with Gasteiger partial charge in [0, 0.05) is 34.1 Å². The minimum absolute atomic E-state index is 0.159. The Bertz CT molecular complexity index is 1150. The lowest BCUT2D eigenvalue weighted by Crippen LogP contribution is -2.10. The molecule has 130 valence electrons. The molecule has 0 saturated carbocycles. The van der Waals surface area contributed by atoms with E-state index in [0.717, 1.165) is 32.3 Å². The van der Waals surface area contributed by atoms with Crippen molar-refractivity contribution in [3.63, 3.8) is 0 Å². The van der Waals surface area contributed by atoms with Gasteiger partial charge in [0.25, 0.3) is 0 Å². The molecule has 0 amide bonds. The lowest BCUT2D eigenvalue weighted by molar-refractivity contribution is 0.821. The molecular formula is C19H15BrN4OS. The van der Waals surface area contributed by atoms with Crippen LogP contribution in [0.25, 0.3) is 22.3 Å². The third kappa shape index (κ3) is 2.97. The summed E-state index contributed by atoms with van der Waals surface area (Å²) in [7, 11) is 1.91. The van der Waals surface area contributed by atoms with Crippen LogP contribution in [-0.2, 0) is 7.05 Å². The quantitative estimate of drug-likeness (QED) is 0.484. The van der Waals surface area contributed by atoms with E-state index in [1.165, 1.54) is 0 Å². The number of nitrogens with one attached hydrogen (secondary N) is 1. The smallest absolute Gasteiger partial charge is 0.248 e. The predicted octanol–water partition coefficient (Wildman–Crippen LogP) is 4.11. The van der Waals surface area contributed by atoms with Crippen molar-refractivity contribution in [3.8, 4) is 11.4 Å². The monoisotopic (exact) mass is 426 g/mol. The summed E-state index contributed by atoms with van der Waals surface area (Å²) in [5.74, 6) is 1.43. The molecule has 0 radical (unpaired) electrons. The first-order valence-corrected chi connectivity index (χ1v) is 9.31. The normalized spacial score (nSPS) is 12.4. The average molecular weight is 427 g/mol. The molecule has 0 aliphatic heterocycles. The average Bonchev–Trinajstić information content (AvgIpc) is 3.02. The highest BCUT2D eigenvalue weighted by Crippen LogP contribution is 2.32. The molecular weight excluding hydrogens is 412 g/mol. The maximum Gasteiger partial charge on any atom is 0.248 e. The number of hydrogen-bond acceptors (Lipinski definition) is 4. The third-order valence-electron chi connectivity index (χ3n) is 4.33. The summed E-state index contributed by atoms with van der Waals surface area (Å²) in [6.45, 7) is 0. The van der Waals surface area contributed by atoms with Gasteiger partial charge in [-0.15, -0.1) is 10.2 Å². The molecule has 0 fully saturated rings. The van der Waals surface area contributed by atoms with E-state index in [1.807, 2.05) is 60.1 Å². The van der Waals surface area contributed by atoms with Crippen LogP contribution in [0.4, 0.5) is 0 Å². The summed E-state index contributed by atoms with van der Waals surface area (Å²) in [6, 6.07) is 17.1. The van der Waals surface area contributed by atoms with Gasteiger partial charge >= 0.3 is 0 Å². The van der Waals surface area contributed by atoms with Gasteiger partial charge in [-0.1, -0.05) is 46.3 Å². The molecule has 26 heavy (non-hydrogen) atoms. The summed E-state index contributed by atoms with van der Waals surface area (Å²) >= 11 is 8.20.